The molecule has 2 aromatic rings. The Morgan fingerprint density at radius 1 is 1.33 bits per heavy atom. The van der Waals surface area contributed by atoms with Crippen molar-refractivity contribution in [3.63, 3.8) is 0 Å². The second-order valence-corrected chi connectivity index (χ2v) is 6.20. The predicted octanol–water partition coefficient (Wildman–Crippen LogP) is 1.75. The highest BCUT2D eigenvalue weighted by Crippen LogP contribution is 2.29. The lowest BCUT2D eigenvalue weighted by molar-refractivity contribution is 0.0438. The SMILES string of the molecule is O[C@@H]1CC(Nc2ncc3scc(Br)c3n2)C[C@@H]1O. The quantitative estimate of drug-likeness (QED) is 0.782. The fraction of sp³-hybridized carbons (Fsp3) is 0.455. The van der Waals surface area contributed by atoms with Crippen LogP contribution in [0.4, 0.5) is 5.95 Å². The molecule has 0 bridgehead atoms. The van der Waals surface area contributed by atoms with Crippen LogP contribution in [0.2, 0.25) is 0 Å². The van der Waals surface area contributed by atoms with Gasteiger partial charge >= 0.3 is 0 Å². The molecule has 0 amide bonds. The molecule has 0 saturated heterocycles. The summed E-state index contributed by atoms with van der Waals surface area (Å²) in [7, 11) is 0. The van der Waals surface area contributed by atoms with Crippen molar-refractivity contribution in [3.8, 4) is 0 Å². The van der Waals surface area contributed by atoms with Gasteiger partial charge in [0.15, 0.2) is 0 Å². The summed E-state index contributed by atoms with van der Waals surface area (Å²) in [6.45, 7) is 0. The van der Waals surface area contributed by atoms with E-state index in [-0.39, 0.29) is 6.04 Å². The van der Waals surface area contributed by atoms with E-state index >= 15 is 0 Å². The highest BCUT2D eigenvalue weighted by molar-refractivity contribution is 9.10. The highest BCUT2D eigenvalue weighted by Gasteiger charge is 2.31. The average Bonchev–Trinajstić information content (AvgIpc) is 2.85. The van der Waals surface area contributed by atoms with Crippen LogP contribution < -0.4 is 5.32 Å². The van der Waals surface area contributed by atoms with E-state index in [1.165, 1.54) is 0 Å². The maximum Gasteiger partial charge on any atom is 0.223 e. The molecule has 3 N–H and O–H groups in total. The van der Waals surface area contributed by atoms with Crippen LogP contribution in [-0.2, 0) is 0 Å². The lowest BCUT2D eigenvalue weighted by Gasteiger charge is -2.11. The number of hydrogen-bond donors (Lipinski definition) is 3. The first kappa shape index (κ1) is 12.3. The van der Waals surface area contributed by atoms with Gasteiger partial charge in [-0.15, -0.1) is 11.3 Å². The van der Waals surface area contributed by atoms with Crippen LogP contribution in [0.15, 0.2) is 16.0 Å². The number of thiophene rings is 1. The first-order valence-electron chi connectivity index (χ1n) is 5.66. The van der Waals surface area contributed by atoms with Gasteiger partial charge in [0, 0.05) is 11.4 Å². The highest BCUT2D eigenvalue weighted by atomic mass is 79.9. The van der Waals surface area contributed by atoms with Crippen molar-refractivity contribution in [1.29, 1.82) is 0 Å². The molecule has 1 aliphatic rings. The first-order valence-corrected chi connectivity index (χ1v) is 7.33. The summed E-state index contributed by atoms with van der Waals surface area (Å²) in [5, 5.41) is 24.1. The molecule has 96 valence electrons. The molecule has 0 aromatic carbocycles. The molecule has 1 aliphatic carbocycles. The smallest absolute Gasteiger partial charge is 0.223 e. The predicted molar refractivity (Wildman–Crippen MR) is 73.8 cm³/mol. The zero-order valence-corrected chi connectivity index (χ0v) is 11.8. The molecule has 1 saturated carbocycles. The van der Waals surface area contributed by atoms with Crippen LogP contribution in [0.1, 0.15) is 12.8 Å². The van der Waals surface area contributed by atoms with Gasteiger partial charge in [-0.3, -0.25) is 0 Å². The largest absolute Gasteiger partial charge is 0.390 e. The topological polar surface area (TPSA) is 78.3 Å². The number of aliphatic hydroxyl groups is 2. The Morgan fingerprint density at radius 3 is 2.78 bits per heavy atom. The summed E-state index contributed by atoms with van der Waals surface area (Å²) in [4.78, 5) is 8.66. The van der Waals surface area contributed by atoms with E-state index in [0.717, 1.165) is 14.7 Å². The van der Waals surface area contributed by atoms with Crippen LogP contribution in [0.5, 0.6) is 0 Å². The van der Waals surface area contributed by atoms with Crippen LogP contribution in [0, 0.1) is 0 Å². The summed E-state index contributed by atoms with van der Waals surface area (Å²) in [6, 6.07) is 0.0184. The standard InChI is InChI=1S/C11H12BrN3O2S/c12-6-4-18-9-3-13-11(15-10(6)9)14-5-1-7(16)8(17)2-5/h3-5,7-8,16-17H,1-2H2,(H,13,14,15)/t5?,7-,8+. The maximum absolute atomic E-state index is 9.49. The first-order chi connectivity index (χ1) is 8.63. The van der Waals surface area contributed by atoms with E-state index in [9.17, 15) is 10.2 Å². The lowest BCUT2D eigenvalue weighted by atomic mass is 10.2. The fourth-order valence-corrected chi connectivity index (χ4v) is 3.60. The zero-order valence-electron chi connectivity index (χ0n) is 9.38. The van der Waals surface area contributed by atoms with Gasteiger partial charge in [-0.1, -0.05) is 0 Å². The third kappa shape index (κ3) is 2.23. The van der Waals surface area contributed by atoms with Crippen LogP contribution >= 0.6 is 27.3 Å². The number of nitrogens with zero attached hydrogens (tertiary/aromatic N) is 2. The Kier molecular flexibility index (Phi) is 3.23. The number of aromatic nitrogens is 2. The lowest BCUT2D eigenvalue weighted by Crippen LogP contribution is -2.18. The van der Waals surface area contributed by atoms with Crippen LogP contribution in [0.25, 0.3) is 10.2 Å². The number of fused-ring (bicyclic) bond motifs is 1. The van der Waals surface area contributed by atoms with Crippen molar-refractivity contribution < 1.29 is 10.2 Å². The molecule has 3 atom stereocenters. The third-order valence-electron chi connectivity index (χ3n) is 3.10. The van der Waals surface area contributed by atoms with Crippen LogP contribution in [0.3, 0.4) is 0 Å². The number of halogens is 1. The molecule has 1 fully saturated rings. The summed E-state index contributed by atoms with van der Waals surface area (Å²) < 4.78 is 1.98. The number of rotatable bonds is 2. The second-order valence-electron chi connectivity index (χ2n) is 4.44. The third-order valence-corrected chi connectivity index (χ3v) is 4.91. The second kappa shape index (κ2) is 4.73. The normalized spacial score (nSPS) is 27.8. The van der Waals surface area contributed by atoms with E-state index in [1.807, 2.05) is 5.38 Å². The van der Waals surface area contributed by atoms with Gasteiger partial charge in [0.25, 0.3) is 0 Å². The van der Waals surface area contributed by atoms with Crippen molar-refractivity contribution in [2.75, 3.05) is 5.32 Å². The Morgan fingerprint density at radius 2 is 2.06 bits per heavy atom. The van der Waals surface area contributed by atoms with Gasteiger partial charge in [-0.2, -0.15) is 0 Å². The number of anilines is 1. The van der Waals surface area contributed by atoms with Gasteiger partial charge < -0.3 is 15.5 Å². The minimum absolute atomic E-state index is 0.0184. The molecule has 2 aromatic heterocycles. The van der Waals surface area contributed by atoms with Crippen LogP contribution in [-0.4, -0.2) is 38.4 Å². The van der Waals surface area contributed by atoms with Crippen molar-refractivity contribution >= 4 is 43.4 Å². The maximum atomic E-state index is 9.49. The van der Waals surface area contributed by atoms with Crippen molar-refractivity contribution in [2.24, 2.45) is 0 Å². The Hall–Kier alpha value is -0.760. The Balaban J connectivity index is 1.80. The summed E-state index contributed by atoms with van der Waals surface area (Å²) in [6.07, 6.45) is 1.51. The molecule has 7 heteroatoms. The molecule has 0 radical (unpaired) electrons. The Labute approximate surface area is 116 Å². The van der Waals surface area contributed by atoms with Gasteiger partial charge in [-0.05, 0) is 28.8 Å². The zero-order chi connectivity index (χ0) is 12.7. The molecule has 0 spiro atoms. The van der Waals surface area contributed by atoms with Crippen molar-refractivity contribution in [1.82, 2.24) is 9.97 Å². The van der Waals surface area contributed by atoms with E-state index in [1.54, 1.807) is 17.5 Å². The van der Waals surface area contributed by atoms with Gasteiger partial charge in [-0.25, -0.2) is 9.97 Å². The average molecular weight is 330 g/mol. The van der Waals surface area contributed by atoms with E-state index in [0.29, 0.717) is 18.8 Å². The minimum Gasteiger partial charge on any atom is -0.390 e. The van der Waals surface area contributed by atoms with Crippen molar-refractivity contribution in [3.05, 3.63) is 16.0 Å². The van der Waals surface area contributed by atoms with Crippen molar-refractivity contribution in [2.45, 2.75) is 31.1 Å². The van der Waals surface area contributed by atoms with E-state index in [2.05, 4.69) is 31.2 Å². The fourth-order valence-electron chi connectivity index (χ4n) is 2.16. The minimum atomic E-state index is -0.654. The molecule has 5 nitrogen and oxygen atoms in total. The molecule has 3 rings (SSSR count). The molecular formula is C11H12BrN3O2S. The molecule has 1 unspecified atom stereocenters. The molecule has 2 heterocycles. The van der Waals surface area contributed by atoms with E-state index in [4.69, 9.17) is 0 Å². The van der Waals surface area contributed by atoms with Gasteiger partial charge in [0.2, 0.25) is 5.95 Å². The number of nitrogens with one attached hydrogen (secondary N) is 1. The van der Waals surface area contributed by atoms with Gasteiger partial charge in [0.1, 0.15) is 5.52 Å². The molecular weight excluding hydrogens is 318 g/mol. The number of aliphatic hydroxyl groups excluding tert-OH is 2. The monoisotopic (exact) mass is 329 g/mol. The Bertz CT molecular complexity index is 566. The summed E-state index contributed by atoms with van der Waals surface area (Å²) >= 11 is 5.03. The van der Waals surface area contributed by atoms with E-state index < -0.39 is 12.2 Å². The number of hydrogen-bond acceptors (Lipinski definition) is 6. The summed E-state index contributed by atoms with van der Waals surface area (Å²) in [5.41, 5.74) is 0.886. The molecule has 0 aliphatic heterocycles. The molecule has 18 heavy (non-hydrogen) atoms. The summed E-state index contributed by atoms with van der Waals surface area (Å²) in [5.74, 6) is 0.535. The van der Waals surface area contributed by atoms with Gasteiger partial charge in [0.05, 0.1) is 27.6 Å².